The largest absolute Gasteiger partial charge is 0.495 e. The Bertz CT molecular complexity index is 822. The molecule has 8 heteroatoms. The fraction of sp³-hybridized carbons (Fsp3) is 0.188. The molecule has 0 heterocycles. The van der Waals surface area contributed by atoms with Crippen LogP contribution < -0.4 is 14.8 Å². The van der Waals surface area contributed by atoms with Crippen molar-refractivity contribution in [2.24, 2.45) is 0 Å². The van der Waals surface area contributed by atoms with E-state index in [1.807, 2.05) is 6.26 Å². The molecule has 2 rings (SSSR count). The summed E-state index contributed by atoms with van der Waals surface area (Å²) in [5.41, 5.74) is 0.772. The number of rotatable bonds is 7. The molecule has 2 aromatic carbocycles. The van der Waals surface area contributed by atoms with E-state index in [1.54, 1.807) is 36.4 Å². The molecule has 6 nitrogen and oxygen atoms in total. The van der Waals surface area contributed by atoms with Crippen molar-refractivity contribution in [2.45, 2.75) is 4.90 Å². The molecule has 0 saturated carbocycles. The number of hydrogen-bond donors (Lipinski definition) is 2. The molecular weight excluding hydrogens is 348 g/mol. The Balaban J connectivity index is 2.24. The van der Waals surface area contributed by atoms with E-state index in [-0.39, 0.29) is 10.8 Å². The van der Waals surface area contributed by atoms with Gasteiger partial charge in [0, 0.05) is 5.69 Å². The number of carbonyl (C=O) groups excluding carboxylic acids is 1. The highest BCUT2D eigenvalue weighted by atomic mass is 32.2. The first-order valence-corrected chi connectivity index (χ1v) is 9.88. The molecule has 24 heavy (non-hydrogen) atoms. The van der Waals surface area contributed by atoms with Crippen molar-refractivity contribution in [2.75, 3.05) is 29.2 Å². The van der Waals surface area contributed by atoms with Gasteiger partial charge in [-0.2, -0.15) is 11.8 Å². The monoisotopic (exact) mass is 366 g/mol. The molecule has 0 aliphatic heterocycles. The van der Waals surface area contributed by atoms with Crippen LogP contribution in [0, 0.1) is 0 Å². The molecule has 2 N–H and O–H groups in total. The van der Waals surface area contributed by atoms with Gasteiger partial charge in [0.05, 0.1) is 23.4 Å². The van der Waals surface area contributed by atoms with Gasteiger partial charge in [-0.25, -0.2) is 8.42 Å². The average molecular weight is 366 g/mol. The normalized spacial score (nSPS) is 10.9. The molecule has 0 unspecified atom stereocenters. The summed E-state index contributed by atoms with van der Waals surface area (Å²) < 4.78 is 32.7. The second-order valence-corrected chi connectivity index (χ2v) is 7.36. The van der Waals surface area contributed by atoms with Crippen LogP contribution >= 0.6 is 11.8 Å². The van der Waals surface area contributed by atoms with E-state index in [0.717, 1.165) is 0 Å². The van der Waals surface area contributed by atoms with E-state index < -0.39 is 10.0 Å². The maximum Gasteiger partial charge on any atom is 0.262 e. The third-order valence-electron chi connectivity index (χ3n) is 3.05. The predicted molar refractivity (Wildman–Crippen MR) is 97.3 cm³/mol. The third kappa shape index (κ3) is 4.65. The summed E-state index contributed by atoms with van der Waals surface area (Å²) >= 11 is 1.39. The van der Waals surface area contributed by atoms with E-state index in [9.17, 15) is 13.2 Å². The van der Waals surface area contributed by atoms with Crippen molar-refractivity contribution in [3.8, 4) is 5.75 Å². The van der Waals surface area contributed by atoms with E-state index in [1.165, 1.54) is 31.0 Å². The third-order valence-corrected chi connectivity index (χ3v) is 4.97. The molecule has 2 aromatic rings. The Morgan fingerprint density at radius 1 is 1.17 bits per heavy atom. The quantitative estimate of drug-likeness (QED) is 0.787. The summed E-state index contributed by atoms with van der Waals surface area (Å²) in [6.07, 6.45) is 1.82. The van der Waals surface area contributed by atoms with Crippen molar-refractivity contribution in [3.05, 3.63) is 48.5 Å². The van der Waals surface area contributed by atoms with Gasteiger partial charge in [-0.05, 0) is 36.6 Å². The van der Waals surface area contributed by atoms with E-state index in [2.05, 4.69) is 10.0 Å². The minimum absolute atomic E-state index is 0.0513. The number of benzene rings is 2. The van der Waals surface area contributed by atoms with Gasteiger partial charge in [-0.1, -0.05) is 18.2 Å². The van der Waals surface area contributed by atoms with Crippen LogP contribution in [0.15, 0.2) is 53.4 Å². The highest BCUT2D eigenvalue weighted by Crippen LogP contribution is 2.26. The van der Waals surface area contributed by atoms with Crippen molar-refractivity contribution < 1.29 is 17.9 Å². The summed E-state index contributed by atoms with van der Waals surface area (Å²) in [7, 11) is -2.34. The standard InChI is InChI=1S/C16H18N2O4S2/c1-22-15-9-4-3-8-14(15)18-24(20,21)13-7-5-6-12(10-13)17-16(19)11-23-2/h3-10,18H,11H2,1-2H3,(H,17,19). The number of nitrogens with one attached hydrogen (secondary N) is 2. The summed E-state index contributed by atoms with van der Waals surface area (Å²) in [6, 6.07) is 12.8. The van der Waals surface area contributed by atoms with Crippen LogP contribution in [0.25, 0.3) is 0 Å². The molecule has 0 aliphatic carbocycles. The van der Waals surface area contributed by atoms with Crippen LogP contribution in [-0.4, -0.2) is 33.4 Å². The van der Waals surface area contributed by atoms with Crippen LogP contribution in [0.4, 0.5) is 11.4 Å². The maximum atomic E-state index is 12.5. The number of thioether (sulfide) groups is 1. The Labute approximate surface area is 145 Å². The Hall–Kier alpha value is -2.19. The van der Waals surface area contributed by atoms with Crippen molar-refractivity contribution in [1.82, 2.24) is 0 Å². The van der Waals surface area contributed by atoms with Crippen molar-refractivity contribution in [3.63, 3.8) is 0 Å². The topological polar surface area (TPSA) is 84.5 Å². The van der Waals surface area contributed by atoms with Crippen LogP contribution in [0.5, 0.6) is 5.75 Å². The van der Waals surface area contributed by atoms with Crippen LogP contribution in [0.1, 0.15) is 0 Å². The number of ether oxygens (including phenoxy) is 1. The van der Waals surface area contributed by atoms with Crippen LogP contribution in [0.2, 0.25) is 0 Å². The summed E-state index contributed by atoms with van der Waals surface area (Å²) in [6.45, 7) is 0. The first-order chi connectivity index (χ1) is 11.5. The lowest BCUT2D eigenvalue weighted by Crippen LogP contribution is -2.16. The van der Waals surface area contributed by atoms with Gasteiger partial charge in [-0.3, -0.25) is 9.52 Å². The molecular formula is C16H18N2O4S2. The molecule has 0 radical (unpaired) electrons. The molecule has 0 atom stereocenters. The zero-order valence-electron chi connectivity index (χ0n) is 13.3. The Morgan fingerprint density at radius 3 is 2.62 bits per heavy atom. The maximum absolute atomic E-state index is 12.5. The lowest BCUT2D eigenvalue weighted by molar-refractivity contribution is -0.113. The summed E-state index contributed by atoms with van der Waals surface area (Å²) in [5, 5.41) is 2.67. The van der Waals surface area contributed by atoms with Crippen molar-refractivity contribution in [1.29, 1.82) is 0 Å². The van der Waals surface area contributed by atoms with Crippen LogP contribution in [0.3, 0.4) is 0 Å². The molecule has 0 bridgehead atoms. The lowest BCUT2D eigenvalue weighted by Gasteiger charge is -2.12. The number of amides is 1. The van der Waals surface area contributed by atoms with E-state index >= 15 is 0 Å². The fourth-order valence-corrected chi connectivity index (χ4v) is 3.45. The number of para-hydroxylation sites is 2. The van der Waals surface area contributed by atoms with Gasteiger partial charge in [0.2, 0.25) is 5.91 Å². The first kappa shape index (κ1) is 18.2. The fourth-order valence-electron chi connectivity index (χ4n) is 2.00. The van der Waals surface area contributed by atoms with E-state index in [0.29, 0.717) is 22.9 Å². The second kappa shape index (κ2) is 8.07. The van der Waals surface area contributed by atoms with Gasteiger partial charge >= 0.3 is 0 Å². The lowest BCUT2D eigenvalue weighted by atomic mass is 10.3. The number of anilines is 2. The zero-order valence-corrected chi connectivity index (χ0v) is 14.9. The average Bonchev–Trinajstić information content (AvgIpc) is 2.55. The molecule has 0 aromatic heterocycles. The summed E-state index contributed by atoms with van der Waals surface area (Å²) in [5.74, 6) is 0.538. The molecule has 0 aliphatic rings. The first-order valence-electron chi connectivity index (χ1n) is 7.01. The van der Waals surface area contributed by atoms with Gasteiger partial charge in [0.25, 0.3) is 10.0 Å². The van der Waals surface area contributed by atoms with Gasteiger partial charge in [0.1, 0.15) is 5.75 Å². The van der Waals surface area contributed by atoms with Gasteiger partial charge in [0.15, 0.2) is 0 Å². The highest BCUT2D eigenvalue weighted by Gasteiger charge is 2.17. The summed E-state index contributed by atoms with van der Waals surface area (Å²) in [4.78, 5) is 11.7. The highest BCUT2D eigenvalue weighted by molar-refractivity contribution is 7.99. The molecule has 128 valence electrons. The minimum atomic E-state index is -3.80. The number of methoxy groups -OCH3 is 1. The number of carbonyl (C=O) groups is 1. The van der Waals surface area contributed by atoms with Gasteiger partial charge < -0.3 is 10.1 Å². The van der Waals surface area contributed by atoms with Gasteiger partial charge in [-0.15, -0.1) is 0 Å². The molecule has 0 spiro atoms. The number of hydrogen-bond acceptors (Lipinski definition) is 5. The Morgan fingerprint density at radius 2 is 1.92 bits per heavy atom. The van der Waals surface area contributed by atoms with Crippen molar-refractivity contribution >= 4 is 39.1 Å². The van der Waals surface area contributed by atoms with Crippen LogP contribution in [-0.2, 0) is 14.8 Å². The van der Waals surface area contributed by atoms with E-state index in [4.69, 9.17) is 4.74 Å². The zero-order chi connectivity index (χ0) is 17.6. The molecule has 0 fully saturated rings. The molecule has 0 saturated heterocycles. The number of sulfonamides is 1. The molecule has 1 amide bonds. The second-order valence-electron chi connectivity index (χ2n) is 4.81. The predicted octanol–water partition coefficient (Wildman–Crippen LogP) is 2.80. The Kier molecular flexibility index (Phi) is 6.10. The smallest absolute Gasteiger partial charge is 0.262 e. The minimum Gasteiger partial charge on any atom is -0.495 e. The SMILES string of the molecule is COc1ccccc1NS(=O)(=O)c1cccc(NC(=O)CSC)c1.